The van der Waals surface area contributed by atoms with E-state index in [2.05, 4.69) is 15.3 Å². The summed E-state index contributed by atoms with van der Waals surface area (Å²) < 4.78 is 0. The van der Waals surface area contributed by atoms with E-state index in [4.69, 9.17) is 0 Å². The Labute approximate surface area is 153 Å². The number of rotatable bonds is 7. The fourth-order valence-corrected chi connectivity index (χ4v) is 3.48. The lowest BCUT2D eigenvalue weighted by atomic mass is 9.96. The van der Waals surface area contributed by atoms with E-state index in [0.29, 0.717) is 45.4 Å². The van der Waals surface area contributed by atoms with Gasteiger partial charge in [0.15, 0.2) is 0 Å². The van der Waals surface area contributed by atoms with Crippen molar-refractivity contribution in [2.45, 2.75) is 38.6 Å². The summed E-state index contributed by atoms with van der Waals surface area (Å²) in [6.45, 7) is 2.91. The fourth-order valence-electron chi connectivity index (χ4n) is 3.48. The molecule has 3 amide bonds. The normalized spacial score (nSPS) is 20.5. The van der Waals surface area contributed by atoms with E-state index in [1.165, 1.54) is 6.33 Å². The zero-order valence-corrected chi connectivity index (χ0v) is 14.9. The number of amides is 3. The van der Waals surface area contributed by atoms with Crippen LogP contribution in [0.2, 0.25) is 0 Å². The van der Waals surface area contributed by atoms with Gasteiger partial charge < -0.3 is 15.1 Å². The third-order valence-electron chi connectivity index (χ3n) is 4.99. The lowest BCUT2D eigenvalue weighted by molar-refractivity contribution is -0.138. The third-order valence-corrected chi connectivity index (χ3v) is 4.99. The average molecular weight is 359 g/mol. The van der Waals surface area contributed by atoms with E-state index in [1.807, 2.05) is 4.90 Å². The van der Waals surface area contributed by atoms with Crippen LogP contribution in [-0.2, 0) is 20.9 Å². The molecule has 8 nitrogen and oxygen atoms in total. The molecule has 0 aliphatic carbocycles. The summed E-state index contributed by atoms with van der Waals surface area (Å²) in [5.41, 5.74) is 0.757. The van der Waals surface area contributed by atoms with Gasteiger partial charge in [0.2, 0.25) is 17.7 Å². The molecule has 1 atom stereocenters. The number of hydrogen-bond donors (Lipinski definition) is 1. The molecule has 2 fully saturated rings. The van der Waals surface area contributed by atoms with Crippen LogP contribution in [0, 0.1) is 5.92 Å². The molecule has 0 saturated carbocycles. The van der Waals surface area contributed by atoms with Crippen molar-refractivity contribution >= 4 is 17.7 Å². The summed E-state index contributed by atoms with van der Waals surface area (Å²) in [7, 11) is 0. The molecule has 2 aliphatic rings. The van der Waals surface area contributed by atoms with Crippen LogP contribution in [0.1, 0.15) is 37.8 Å². The van der Waals surface area contributed by atoms with Gasteiger partial charge in [0.25, 0.3) is 0 Å². The Kier molecular flexibility index (Phi) is 6.14. The largest absolute Gasteiger partial charge is 0.350 e. The third kappa shape index (κ3) is 4.77. The molecule has 3 heterocycles. The number of nitrogens with one attached hydrogen (secondary N) is 1. The van der Waals surface area contributed by atoms with E-state index in [9.17, 15) is 14.4 Å². The van der Waals surface area contributed by atoms with Gasteiger partial charge >= 0.3 is 0 Å². The van der Waals surface area contributed by atoms with E-state index in [1.54, 1.807) is 17.2 Å². The zero-order chi connectivity index (χ0) is 18.4. The Morgan fingerprint density at radius 1 is 1.19 bits per heavy atom. The second-order valence-electron chi connectivity index (χ2n) is 6.83. The molecule has 0 spiro atoms. The molecule has 2 aliphatic heterocycles. The van der Waals surface area contributed by atoms with Crippen molar-refractivity contribution < 1.29 is 14.4 Å². The smallest absolute Gasteiger partial charge is 0.225 e. The first-order valence-corrected chi connectivity index (χ1v) is 9.21. The highest BCUT2D eigenvalue weighted by atomic mass is 16.2. The van der Waals surface area contributed by atoms with Crippen molar-refractivity contribution in [1.29, 1.82) is 0 Å². The maximum absolute atomic E-state index is 12.4. The van der Waals surface area contributed by atoms with Gasteiger partial charge in [-0.3, -0.25) is 14.4 Å². The summed E-state index contributed by atoms with van der Waals surface area (Å²) in [6, 6.07) is 1.76. The lowest BCUT2D eigenvalue weighted by Gasteiger charge is -2.32. The molecule has 8 heteroatoms. The van der Waals surface area contributed by atoms with Crippen molar-refractivity contribution in [2.75, 3.05) is 26.2 Å². The Balaban J connectivity index is 1.43. The van der Waals surface area contributed by atoms with Gasteiger partial charge in [0.1, 0.15) is 6.33 Å². The minimum atomic E-state index is -0.192. The number of likely N-dealkylation sites (tertiary alicyclic amines) is 2. The molecular formula is C18H25N5O3. The van der Waals surface area contributed by atoms with E-state index < -0.39 is 0 Å². The summed E-state index contributed by atoms with van der Waals surface area (Å²) in [6.07, 6.45) is 6.39. The van der Waals surface area contributed by atoms with Crippen molar-refractivity contribution in [3.05, 3.63) is 24.3 Å². The standard InChI is InChI=1S/C18H25N5O3/c24-16-3-1-8-22(16)9-2-10-23-12-14(4-5-17(23)25)18(26)20-11-15-6-7-19-13-21-15/h6-7,13-14H,1-5,8-12H2,(H,20,26)/t14-/m1/s1. The molecule has 0 radical (unpaired) electrons. The SMILES string of the molecule is O=C(NCc1ccncn1)[C@@H]1CCC(=O)N(CCCN2CCCC2=O)C1. The first-order chi connectivity index (χ1) is 12.6. The fraction of sp³-hybridized carbons (Fsp3) is 0.611. The van der Waals surface area contributed by atoms with Crippen LogP contribution in [0.5, 0.6) is 0 Å². The topological polar surface area (TPSA) is 95.5 Å². The van der Waals surface area contributed by atoms with Gasteiger partial charge in [-0.05, 0) is 25.3 Å². The van der Waals surface area contributed by atoms with Gasteiger partial charge in [-0.1, -0.05) is 0 Å². The van der Waals surface area contributed by atoms with Crippen LogP contribution in [-0.4, -0.2) is 63.7 Å². The minimum Gasteiger partial charge on any atom is -0.350 e. The first kappa shape index (κ1) is 18.3. The molecule has 1 N–H and O–H groups in total. The summed E-state index contributed by atoms with van der Waals surface area (Å²) in [4.78, 5) is 47.7. The van der Waals surface area contributed by atoms with Crippen LogP contribution in [0.15, 0.2) is 18.6 Å². The van der Waals surface area contributed by atoms with Crippen molar-refractivity contribution in [1.82, 2.24) is 25.1 Å². The second kappa shape index (κ2) is 8.73. The molecule has 0 bridgehead atoms. The van der Waals surface area contributed by atoms with Gasteiger partial charge in [-0.2, -0.15) is 0 Å². The van der Waals surface area contributed by atoms with E-state index in [-0.39, 0.29) is 23.6 Å². The van der Waals surface area contributed by atoms with Gasteiger partial charge in [-0.25, -0.2) is 9.97 Å². The Morgan fingerprint density at radius 2 is 2.00 bits per heavy atom. The van der Waals surface area contributed by atoms with Crippen LogP contribution in [0.4, 0.5) is 0 Å². The second-order valence-corrected chi connectivity index (χ2v) is 6.83. The number of carbonyl (C=O) groups is 3. The van der Waals surface area contributed by atoms with Crippen molar-refractivity contribution in [3.8, 4) is 0 Å². The molecule has 140 valence electrons. The van der Waals surface area contributed by atoms with Crippen molar-refractivity contribution in [2.24, 2.45) is 5.92 Å². The molecular weight excluding hydrogens is 334 g/mol. The van der Waals surface area contributed by atoms with Crippen molar-refractivity contribution in [3.63, 3.8) is 0 Å². The highest BCUT2D eigenvalue weighted by molar-refractivity contribution is 5.83. The molecule has 0 aromatic carbocycles. The maximum Gasteiger partial charge on any atom is 0.225 e. The molecule has 1 aromatic heterocycles. The van der Waals surface area contributed by atoms with Crippen LogP contribution < -0.4 is 5.32 Å². The molecule has 0 unspecified atom stereocenters. The molecule has 26 heavy (non-hydrogen) atoms. The van der Waals surface area contributed by atoms with E-state index in [0.717, 1.165) is 25.1 Å². The number of nitrogens with zero attached hydrogens (tertiary/aromatic N) is 4. The summed E-state index contributed by atoms with van der Waals surface area (Å²) in [5, 5.41) is 2.89. The van der Waals surface area contributed by atoms with Crippen LogP contribution >= 0.6 is 0 Å². The highest BCUT2D eigenvalue weighted by Gasteiger charge is 2.30. The quantitative estimate of drug-likeness (QED) is 0.758. The first-order valence-electron chi connectivity index (χ1n) is 9.21. The number of hydrogen-bond acceptors (Lipinski definition) is 5. The van der Waals surface area contributed by atoms with Gasteiger partial charge in [0.05, 0.1) is 18.2 Å². The van der Waals surface area contributed by atoms with Gasteiger partial charge in [-0.15, -0.1) is 0 Å². The Hall–Kier alpha value is -2.51. The predicted molar refractivity (Wildman–Crippen MR) is 93.6 cm³/mol. The lowest BCUT2D eigenvalue weighted by Crippen LogP contribution is -2.46. The predicted octanol–water partition coefficient (Wildman–Crippen LogP) is 0.344. The number of aromatic nitrogens is 2. The molecule has 1 aromatic rings. The Bertz CT molecular complexity index is 651. The highest BCUT2D eigenvalue weighted by Crippen LogP contribution is 2.19. The molecule has 3 rings (SSSR count). The minimum absolute atomic E-state index is 0.0455. The van der Waals surface area contributed by atoms with Crippen LogP contribution in [0.3, 0.4) is 0 Å². The van der Waals surface area contributed by atoms with E-state index >= 15 is 0 Å². The summed E-state index contributed by atoms with van der Waals surface area (Å²) in [5.74, 6) is 0.0633. The summed E-state index contributed by atoms with van der Waals surface area (Å²) >= 11 is 0. The molecule has 2 saturated heterocycles. The maximum atomic E-state index is 12.4. The Morgan fingerprint density at radius 3 is 2.73 bits per heavy atom. The number of piperidine rings is 1. The monoisotopic (exact) mass is 359 g/mol. The van der Waals surface area contributed by atoms with Crippen LogP contribution in [0.25, 0.3) is 0 Å². The number of carbonyl (C=O) groups excluding carboxylic acids is 3. The zero-order valence-electron chi connectivity index (χ0n) is 14.9. The van der Waals surface area contributed by atoms with Gasteiger partial charge in [0, 0.05) is 45.2 Å². The average Bonchev–Trinajstić information content (AvgIpc) is 3.07.